The van der Waals surface area contributed by atoms with Crippen molar-refractivity contribution in [3.8, 4) is 28.3 Å². The third kappa shape index (κ3) is 4.21. The molecule has 4 nitrogen and oxygen atoms in total. The zero-order valence-corrected chi connectivity index (χ0v) is 32.3. The molecule has 5 heteroatoms. The van der Waals surface area contributed by atoms with Crippen LogP contribution in [0.1, 0.15) is 0 Å². The van der Waals surface area contributed by atoms with Crippen molar-refractivity contribution in [1.82, 2.24) is 18.9 Å². The van der Waals surface area contributed by atoms with Crippen molar-refractivity contribution in [1.29, 1.82) is 0 Å². The maximum Gasteiger partial charge on any atom is 0.160 e. The highest BCUT2D eigenvalue weighted by Crippen LogP contribution is 2.48. The summed E-state index contributed by atoms with van der Waals surface area (Å²) in [4.78, 5) is 10.7. The molecule has 272 valence electrons. The van der Waals surface area contributed by atoms with Crippen molar-refractivity contribution in [3.63, 3.8) is 0 Å². The lowest BCUT2D eigenvalue weighted by molar-refractivity contribution is 1.18. The first-order valence-corrected chi connectivity index (χ1v) is 20.9. The molecule has 0 saturated carbocycles. The van der Waals surface area contributed by atoms with E-state index in [0.29, 0.717) is 0 Å². The van der Waals surface area contributed by atoms with Crippen molar-refractivity contribution in [2.45, 2.75) is 0 Å². The standard InChI is InChI=1S/C54H30N4S/c1-2-13-34-29-35(22-21-31(34)11-1)49-53-50(40-17-7-10-20-46(40)59-53)56-54(55-49)33-23-26-36(27-24-33)57-45-28-25-32-12-3-4-14-37(32)47(45)42-30-41-38-15-5-8-18-43(38)58-44-19-9-6-16-39(44)48(51(41)58)52(42)57/h1-30H. The predicted octanol–water partition coefficient (Wildman–Crippen LogP) is 14.7. The quantitative estimate of drug-likeness (QED) is 0.179. The molecule has 0 spiro atoms. The second-order valence-electron chi connectivity index (χ2n) is 15.7. The third-order valence-electron chi connectivity index (χ3n) is 12.6. The van der Waals surface area contributed by atoms with Gasteiger partial charge in [-0.25, -0.2) is 9.97 Å². The van der Waals surface area contributed by atoms with Gasteiger partial charge in [0.15, 0.2) is 5.82 Å². The summed E-state index contributed by atoms with van der Waals surface area (Å²) < 4.78 is 7.30. The summed E-state index contributed by atoms with van der Waals surface area (Å²) in [6.07, 6.45) is 0. The molecule has 9 aromatic carbocycles. The predicted molar refractivity (Wildman–Crippen MR) is 250 cm³/mol. The highest BCUT2D eigenvalue weighted by Gasteiger charge is 2.25. The minimum atomic E-state index is 0.725. The van der Waals surface area contributed by atoms with Crippen LogP contribution in [0.3, 0.4) is 0 Å². The smallest absolute Gasteiger partial charge is 0.160 e. The molecule has 0 bridgehead atoms. The molecule has 0 aliphatic rings. The third-order valence-corrected chi connectivity index (χ3v) is 13.8. The van der Waals surface area contributed by atoms with Crippen LogP contribution in [0.5, 0.6) is 0 Å². The minimum Gasteiger partial charge on any atom is -0.309 e. The minimum absolute atomic E-state index is 0.725. The Hall–Kier alpha value is -7.60. The lowest BCUT2D eigenvalue weighted by Crippen LogP contribution is -1.96. The number of aromatic nitrogens is 4. The largest absolute Gasteiger partial charge is 0.309 e. The summed E-state index contributed by atoms with van der Waals surface area (Å²) in [7, 11) is 0. The average Bonchev–Trinajstić information content (AvgIpc) is 4.04. The Labute approximate surface area is 340 Å². The van der Waals surface area contributed by atoms with Gasteiger partial charge in [-0.3, -0.25) is 0 Å². The number of benzene rings is 9. The van der Waals surface area contributed by atoms with E-state index in [0.717, 1.165) is 43.9 Å². The maximum atomic E-state index is 5.37. The first-order chi connectivity index (χ1) is 29.3. The molecule has 14 aromatic rings. The Morgan fingerprint density at radius 3 is 1.92 bits per heavy atom. The van der Waals surface area contributed by atoms with E-state index >= 15 is 0 Å². The van der Waals surface area contributed by atoms with Gasteiger partial charge >= 0.3 is 0 Å². The van der Waals surface area contributed by atoms with Gasteiger partial charge in [-0.15, -0.1) is 11.3 Å². The number of nitrogens with zero attached hydrogens (tertiary/aromatic N) is 4. The second-order valence-corrected chi connectivity index (χ2v) is 16.8. The summed E-state index contributed by atoms with van der Waals surface area (Å²) >= 11 is 1.77. The molecule has 0 radical (unpaired) electrons. The number of hydrogen-bond acceptors (Lipinski definition) is 3. The van der Waals surface area contributed by atoms with Gasteiger partial charge < -0.3 is 8.97 Å². The van der Waals surface area contributed by atoms with E-state index in [4.69, 9.17) is 9.97 Å². The zero-order chi connectivity index (χ0) is 38.3. The van der Waals surface area contributed by atoms with Crippen molar-refractivity contribution in [3.05, 3.63) is 182 Å². The molecular formula is C54H30N4S. The van der Waals surface area contributed by atoms with Crippen LogP contribution >= 0.6 is 11.3 Å². The molecule has 14 rings (SSSR count). The zero-order valence-electron chi connectivity index (χ0n) is 31.5. The summed E-state index contributed by atoms with van der Waals surface area (Å²) in [6, 6.07) is 66.3. The Morgan fingerprint density at radius 2 is 1.07 bits per heavy atom. The van der Waals surface area contributed by atoms with Crippen molar-refractivity contribution < 1.29 is 0 Å². The number of hydrogen-bond donors (Lipinski definition) is 0. The molecule has 59 heavy (non-hydrogen) atoms. The average molecular weight is 767 g/mol. The summed E-state index contributed by atoms with van der Waals surface area (Å²) in [5.74, 6) is 0.725. The number of thiophene rings is 1. The highest BCUT2D eigenvalue weighted by molar-refractivity contribution is 7.26. The molecule has 0 aliphatic carbocycles. The van der Waals surface area contributed by atoms with Gasteiger partial charge in [0, 0.05) is 59.2 Å². The van der Waals surface area contributed by atoms with Crippen LogP contribution in [0.15, 0.2) is 182 Å². The van der Waals surface area contributed by atoms with Gasteiger partial charge in [0.1, 0.15) is 0 Å². The van der Waals surface area contributed by atoms with Crippen molar-refractivity contribution in [2.75, 3.05) is 0 Å². The normalized spacial score (nSPS) is 12.4. The van der Waals surface area contributed by atoms with E-state index in [1.165, 1.54) is 86.1 Å². The summed E-state index contributed by atoms with van der Waals surface area (Å²) in [5.41, 5.74) is 11.3. The van der Waals surface area contributed by atoms with E-state index in [1.54, 1.807) is 11.3 Å². The van der Waals surface area contributed by atoms with Crippen LogP contribution in [-0.4, -0.2) is 18.9 Å². The van der Waals surface area contributed by atoms with E-state index in [9.17, 15) is 0 Å². The van der Waals surface area contributed by atoms with Gasteiger partial charge in [-0.1, -0.05) is 121 Å². The fourth-order valence-corrected chi connectivity index (χ4v) is 11.2. The van der Waals surface area contributed by atoms with E-state index in [-0.39, 0.29) is 0 Å². The van der Waals surface area contributed by atoms with Crippen LogP contribution in [-0.2, 0) is 0 Å². The van der Waals surface area contributed by atoms with Crippen LogP contribution in [0.25, 0.3) is 130 Å². The van der Waals surface area contributed by atoms with Gasteiger partial charge in [-0.05, 0) is 82.2 Å². The first-order valence-electron chi connectivity index (χ1n) is 20.1. The number of fused-ring (bicyclic) bond motifs is 16. The Morgan fingerprint density at radius 1 is 0.407 bits per heavy atom. The van der Waals surface area contributed by atoms with Gasteiger partial charge in [0.2, 0.25) is 0 Å². The van der Waals surface area contributed by atoms with Crippen LogP contribution in [0, 0.1) is 0 Å². The topological polar surface area (TPSA) is 35.1 Å². The van der Waals surface area contributed by atoms with E-state index in [1.807, 2.05) is 0 Å². The monoisotopic (exact) mass is 766 g/mol. The Balaban J connectivity index is 1.05. The maximum absolute atomic E-state index is 5.37. The van der Waals surface area contributed by atoms with Gasteiger partial charge in [0.05, 0.1) is 43.5 Å². The van der Waals surface area contributed by atoms with E-state index in [2.05, 4.69) is 191 Å². The van der Waals surface area contributed by atoms with E-state index < -0.39 is 0 Å². The van der Waals surface area contributed by atoms with Crippen LogP contribution in [0.2, 0.25) is 0 Å². The summed E-state index contributed by atoms with van der Waals surface area (Å²) in [5, 5.41) is 13.7. The van der Waals surface area contributed by atoms with Crippen molar-refractivity contribution in [2.24, 2.45) is 0 Å². The lowest BCUT2D eigenvalue weighted by Gasteiger charge is -2.11. The molecule has 0 fully saturated rings. The number of rotatable bonds is 3. The Bertz CT molecular complexity index is 4070. The van der Waals surface area contributed by atoms with Crippen LogP contribution < -0.4 is 0 Å². The highest BCUT2D eigenvalue weighted by atomic mass is 32.1. The van der Waals surface area contributed by atoms with Crippen LogP contribution in [0.4, 0.5) is 0 Å². The molecule has 0 amide bonds. The molecule has 0 unspecified atom stereocenters. The SMILES string of the molecule is c1ccc2cc(-c3nc(-c4ccc(-n5c6ccc7ccccc7c6c6cc7c8ccccc8n8c9ccccc9c(c65)c78)cc4)nc4c3sc3ccccc34)ccc2c1. The van der Waals surface area contributed by atoms with Gasteiger partial charge in [0.25, 0.3) is 0 Å². The van der Waals surface area contributed by atoms with Crippen molar-refractivity contribution >= 4 is 113 Å². The molecule has 0 saturated heterocycles. The molecule has 5 aromatic heterocycles. The molecule has 5 heterocycles. The lowest BCUT2D eigenvalue weighted by atomic mass is 10.0. The molecule has 0 N–H and O–H groups in total. The fraction of sp³-hybridized carbons (Fsp3) is 0. The second kappa shape index (κ2) is 11.5. The molecule has 0 aliphatic heterocycles. The molecule has 0 atom stereocenters. The Kier molecular flexibility index (Phi) is 6.14. The van der Waals surface area contributed by atoms with Gasteiger partial charge in [-0.2, -0.15) is 0 Å². The fourth-order valence-electron chi connectivity index (χ4n) is 10.1. The summed E-state index contributed by atoms with van der Waals surface area (Å²) in [6.45, 7) is 0. The molecular weight excluding hydrogens is 737 g/mol. The number of para-hydroxylation sites is 2. The first kappa shape index (κ1) is 31.5.